The molecule has 0 aromatic rings. The summed E-state index contributed by atoms with van der Waals surface area (Å²) in [6.45, 7) is 0. The Morgan fingerprint density at radius 1 is 1.73 bits per heavy atom. The highest BCUT2D eigenvalue weighted by molar-refractivity contribution is 8.13. The van der Waals surface area contributed by atoms with Gasteiger partial charge < -0.3 is 16.2 Å². The first-order chi connectivity index (χ1) is 5.07. The van der Waals surface area contributed by atoms with Crippen LogP contribution in [0.1, 0.15) is 0 Å². The first-order valence-corrected chi connectivity index (χ1v) is 3.89. The molecular weight excluding hydrogens is 168 g/mol. The molecule has 6 heteroatoms. The molecule has 0 aromatic heterocycles. The van der Waals surface area contributed by atoms with E-state index in [1.165, 1.54) is 7.05 Å². The number of rotatable bonds is 3. The molecule has 0 aliphatic rings. The van der Waals surface area contributed by atoms with E-state index in [0.717, 1.165) is 11.8 Å². The smallest absolute Gasteiger partial charge is 0.321 e. The van der Waals surface area contributed by atoms with Crippen molar-refractivity contribution in [1.29, 1.82) is 0 Å². The lowest BCUT2D eigenvalue weighted by Crippen LogP contribution is -2.33. The number of carbonyl (C=O) groups excluding carboxylic acids is 1. The van der Waals surface area contributed by atoms with Gasteiger partial charge in [0, 0.05) is 12.8 Å². The molecule has 0 unspecified atom stereocenters. The second kappa shape index (κ2) is 4.97. The molecule has 0 aromatic carbocycles. The average Bonchev–Trinajstić information content (AvgIpc) is 1.99. The summed E-state index contributed by atoms with van der Waals surface area (Å²) < 4.78 is 0. The molecule has 11 heavy (non-hydrogen) atoms. The fraction of sp³-hybridized carbons (Fsp3) is 0.600. The SMILES string of the molecule is CNC(=O)SC[C@@H](N)C(=O)O. The fourth-order valence-corrected chi connectivity index (χ4v) is 0.927. The van der Waals surface area contributed by atoms with Crippen molar-refractivity contribution < 1.29 is 14.7 Å². The lowest BCUT2D eigenvalue weighted by molar-refractivity contribution is -0.137. The van der Waals surface area contributed by atoms with Crippen LogP contribution in [0.4, 0.5) is 4.79 Å². The number of carboxylic acids is 1. The number of nitrogens with two attached hydrogens (primary N) is 1. The van der Waals surface area contributed by atoms with E-state index in [0.29, 0.717) is 0 Å². The van der Waals surface area contributed by atoms with Crippen LogP contribution in [0.2, 0.25) is 0 Å². The van der Waals surface area contributed by atoms with Gasteiger partial charge in [0.05, 0.1) is 0 Å². The third kappa shape index (κ3) is 4.63. The van der Waals surface area contributed by atoms with Gasteiger partial charge in [-0.1, -0.05) is 11.8 Å². The number of carbonyl (C=O) groups is 2. The number of carboxylic acid groups (broad SMARTS) is 1. The summed E-state index contributed by atoms with van der Waals surface area (Å²) >= 11 is 0.857. The van der Waals surface area contributed by atoms with Gasteiger partial charge in [0.25, 0.3) is 5.24 Å². The molecule has 1 atom stereocenters. The highest BCUT2D eigenvalue weighted by Gasteiger charge is 2.12. The van der Waals surface area contributed by atoms with E-state index in [9.17, 15) is 9.59 Å². The summed E-state index contributed by atoms with van der Waals surface area (Å²) in [5, 5.41) is 10.4. The van der Waals surface area contributed by atoms with Crippen LogP contribution in [0, 0.1) is 0 Å². The number of hydrogen-bond donors (Lipinski definition) is 3. The zero-order valence-corrected chi connectivity index (χ0v) is 6.85. The minimum Gasteiger partial charge on any atom is -0.480 e. The largest absolute Gasteiger partial charge is 0.480 e. The molecule has 64 valence electrons. The molecule has 5 nitrogen and oxygen atoms in total. The van der Waals surface area contributed by atoms with Crippen molar-refractivity contribution in [2.24, 2.45) is 5.73 Å². The molecule has 0 spiro atoms. The molecule has 0 saturated carbocycles. The Bertz CT molecular complexity index is 162. The third-order valence-electron chi connectivity index (χ3n) is 0.915. The molecule has 0 rings (SSSR count). The standard InChI is InChI=1S/C5H10N2O3S/c1-7-5(10)11-2-3(6)4(8)9/h3H,2,6H2,1H3,(H,7,10)(H,8,9)/t3-/m1/s1. The highest BCUT2D eigenvalue weighted by atomic mass is 32.2. The number of thioether (sulfide) groups is 1. The number of hydrogen-bond acceptors (Lipinski definition) is 4. The van der Waals surface area contributed by atoms with Crippen molar-refractivity contribution in [2.75, 3.05) is 12.8 Å². The third-order valence-corrected chi connectivity index (χ3v) is 1.91. The quantitative estimate of drug-likeness (QED) is 0.540. The van der Waals surface area contributed by atoms with E-state index >= 15 is 0 Å². The molecule has 0 aliphatic heterocycles. The van der Waals surface area contributed by atoms with Crippen molar-refractivity contribution in [3.8, 4) is 0 Å². The second-order valence-corrected chi connectivity index (χ2v) is 2.79. The molecule has 0 saturated heterocycles. The first-order valence-electron chi connectivity index (χ1n) is 2.90. The first kappa shape index (κ1) is 10.2. The maximum absolute atomic E-state index is 10.5. The van der Waals surface area contributed by atoms with Gasteiger partial charge in [-0.05, 0) is 0 Å². The molecular formula is C5H10N2O3S. The zero-order valence-electron chi connectivity index (χ0n) is 6.03. The second-order valence-electron chi connectivity index (χ2n) is 1.79. The van der Waals surface area contributed by atoms with Gasteiger partial charge in [-0.15, -0.1) is 0 Å². The molecule has 1 amide bonds. The maximum Gasteiger partial charge on any atom is 0.321 e. The minimum atomic E-state index is -1.10. The fourth-order valence-electron chi connectivity index (χ4n) is 0.309. The molecule has 0 radical (unpaired) electrons. The van der Waals surface area contributed by atoms with Gasteiger partial charge in [0.15, 0.2) is 0 Å². The molecule has 0 fully saturated rings. The van der Waals surface area contributed by atoms with Gasteiger partial charge in [-0.25, -0.2) is 0 Å². The van der Waals surface area contributed by atoms with Gasteiger partial charge in [0.1, 0.15) is 6.04 Å². The summed E-state index contributed by atoms with van der Waals surface area (Å²) in [4.78, 5) is 20.7. The van der Waals surface area contributed by atoms with Crippen LogP contribution in [0.15, 0.2) is 0 Å². The van der Waals surface area contributed by atoms with Gasteiger partial charge in [-0.3, -0.25) is 9.59 Å². The van der Waals surface area contributed by atoms with Gasteiger partial charge in [-0.2, -0.15) is 0 Å². The molecule has 0 heterocycles. The summed E-state index contributed by atoms with van der Waals surface area (Å²) in [5.74, 6) is -1.00. The molecule has 4 N–H and O–H groups in total. The van der Waals surface area contributed by atoms with Crippen LogP contribution < -0.4 is 11.1 Å². The van der Waals surface area contributed by atoms with Crippen molar-refractivity contribution in [3.63, 3.8) is 0 Å². The van der Waals surface area contributed by atoms with Crippen molar-refractivity contribution in [3.05, 3.63) is 0 Å². The van der Waals surface area contributed by atoms with Gasteiger partial charge in [0.2, 0.25) is 0 Å². The van der Waals surface area contributed by atoms with Crippen LogP contribution in [0.25, 0.3) is 0 Å². The Morgan fingerprint density at radius 3 is 2.64 bits per heavy atom. The number of amides is 1. The highest BCUT2D eigenvalue weighted by Crippen LogP contribution is 2.01. The Hall–Kier alpha value is -0.750. The van der Waals surface area contributed by atoms with Gasteiger partial charge >= 0.3 is 5.97 Å². The van der Waals surface area contributed by atoms with E-state index in [-0.39, 0.29) is 11.0 Å². The molecule has 0 aliphatic carbocycles. The topological polar surface area (TPSA) is 92.4 Å². The van der Waals surface area contributed by atoms with E-state index in [4.69, 9.17) is 10.8 Å². The van der Waals surface area contributed by atoms with E-state index < -0.39 is 12.0 Å². The maximum atomic E-state index is 10.5. The van der Waals surface area contributed by atoms with Crippen molar-refractivity contribution in [1.82, 2.24) is 5.32 Å². The Kier molecular flexibility index (Phi) is 4.64. The summed E-state index contributed by atoms with van der Waals surface area (Å²) in [6.07, 6.45) is 0. The predicted octanol–water partition coefficient (Wildman–Crippen LogP) is -0.529. The minimum absolute atomic E-state index is 0.0923. The van der Waals surface area contributed by atoms with Crippen molar-refractivity contribution >= 4 is 23.0 Å². The summed E-state index contributed by atoms with van der Waals surface area (Å²) in [7, 11) is 1.47. The van der Waals surface area contributed by atoms with Crippen LogP contribution in [-0.4, -0.2) is 35.2 Å². The Labute approximate surface area is 68.3 Å². The van der Waals surface area contributed by atoms with E-state index in [1.807, 2.05) is 0 Å². The van der Waals surface area contributed by atoms with Crippen LogP contribution in [-0.2, 0) is 4.79 Å². The van der Waals surface area contributed by atoms with Crippen LogP contribution >= 0.6 is 11.8 Å². The van der Waals surface area contributed by atoms with E-state index in [1.54, 1.807) is 0 Å². The average molecular weight is 178 g/mol. The van der Waals surface area contributed by atoms with Crippen molar-refractivity contribution in [2.45, 2.75) is 6.04 Å². The van der Waals surface area contributed by atoms with Crippen LogP contribution in [0.3, 0.4) is 0 Å². The summed E-state index contributed by atoms with van der Waals surface area (Å²) in [6, 6.07) is -0.975. The summed E-state index contributed by atoms with van der Waals surface area (Å²) in [5.41, 5.74) is 5.12. The predicted molar refractivity (Wildman–Crippen MR) is 42.5 cm³/mol. The monoisotopic (exact) mass is 178 g/mol. The number of nitrogens with one attached hydrogen (secondary N) is 1. The lowest BCUT2D eigenvalue weighted by atomic mass is 10.4. The normalized spacial score (nSPS) is 12.2. The van der Waals surface area contributed by atoms with Crippen LogP contribution in [0.5, 0.6) is 0 Å². The number of aliphatic carboxylic acids is 1. The lowest BCUT2D eigenvalue weighted by Gasteiger charge is -2.03. The zero-order chi connectivity index (χ0) is 8.85. The Morgan fingerprint density at radius 2 is 2.27 bits per heavy atom. The molecule has 0 bridgehead atoms. The van der Waals surface area contributed by atoms with E-state index in [2.05, 4.69) is 5.32 Å². The Balaban J connectivity index is 3.54.